The molecule has 5 nitrogen and oxygen atoms in total. The molecule has 0 fully saturated rings. The first kappa shape index (κ1) is 19.3. The molecule has 0 aliphatic rings. The number of anilines is 1. The van der Waals surface area contributed by atoms with Gasteiger partial charge in [-0.15, -0.1) is 12.4 Å². The number of benzene rings is 1. The van der Waals surface area contributed by atoms with Gasteiger partial charge in [-0.05, 0) is 26.1 Å². The molecule has 0 saturated carbocycles. The number of hydrogen-bond acceptors (Lipinski definition) is 3. The van der Waals surface area contributed by atoms with Crippen LogP contribution >= 0.6 is 12.4 Å². The number of rotatable bonds is 6. The van der Waals surface area contributed by atoms with Crippen LogP contribution in [0, 0.1) is 11.6 Å². The summed E-state index contributed by atoms with van der Waals surface area (Å²) in [6, 6.07) is 3.29. The van der Waals surface area contributed by atoms with Crippen LogP contribution in [-0.4, -0.2) is 43.4 Å². The van der Waals surface area contributed by atoms with Gasteiger partial charge in [0.15, 0.2) is 0 Å². The molecule has 1 aromatic rings. The lowest BCUT2D eigenvalue weighted by atomic mass is 10.3. The molecule has 8 heteroatoms. The number of carbonyl (C=O) groups is 2. The molecule has 0 unspecified atom stereocenters. The predicted molar refractivity (Wildman–Crippen MR) is 78.4 cm³/mol. The van der Waals surface area contributed by atoms with Gasteiger partial charge in [0.25, 0.3) is 0 Å². The van der Waals surface area contributed by atoms with Gasteiger partial charge in [-0.2, -0.15) is 0 Å². The van der Waals surface area contributed by atoms with Crippen molar-refractivity contribution in [2.75, 3.05) is 32.0 Å². The Kier molecular flexibility index (Phi) is 8.49. The standard InChI is InChI=1S/C13H17F2N3O2.ClH/c1-3-18(12(20)7-16-2)8-11(19)17-13-9(14)5-4-6-10(13)15;/h4-6,16H,3,7-8H2,1-2H3,(H,17,19);1H. The lowest BCUT2D eigenvalue weighted by Gasteiger charge is -2.20. The Balaban J connectivity index is 0.00000400. The minimum absolute atomic E-state index is 0. The lowest BCUT2D eigenvalue weighted by Crippen LogP contribution is -2.41. The average Bonchev–Trinajstić information content (AvgIpc) is 2.40. The number of nitrogens with zero attached hydrogens (tertiary/aromatic N) is 1. The van der Waals surface area contributed by atoms with Gasteiger partial charge in [0.2, 0.25) is 11.8 Å². The smallest absolute Gasteiger partial charge is 0.244 e. The van der Waals surface area contributed by atoms with E-state index >= 15 is 0 Å². The van der Waals surface area contributed by atoms with E-state index in [2.05, 4.69) is 10.6 Å². The van der Waals surface area contributed by atoms with Crippen LogP contribution in [0.3, 0.4) is 0 Å². The van der Waals surface area contributed by atoms with E-state index in [-0.39, 0.29) is 31.4 Å². The largest absolute Gasteiger partial charge is 0.333 e. The van der Waals surface area contributed by atoms with Gasteiger partial charge >= 0.3 is 0 Å². The van der Waals surface area contributed by atoms with Gasteiger partial charge in [-0.25, -0.2) is 8.78 Å². The number of nitrogens with one attached hydrogen (secondary N) is 2. The Morgan fingerprint density at radius 1 is 1.24 bits per heavy atom. The fourth-order valence-electron chi connectivity index (χ4n) is 1.61. The fraction of sp³-hybridized carbons (Fsp3) is 0.385. The monoisotopic (exact) mass is 321 g/mol. The summed E-state index contributed by atoms with van der Waals surface area (Å²) < 4.78 is 26.7. The number of para-hydroxylation sites is 1. The molecule has 0 aliphatic carbocycles. The van der Waals surface area contributed by atoms with Crippen molar-refractivity contribution < 1.29 is 18.4 Å². The number of halogens is 3. The van der Waals surface area contributed by atoms with Crippen LogP contribution in [0.4, 0.5) is 14.5 Å². The number of likely N-dealkylation sites (N-methyl/N-ethyl adjacent to an activating group) is 2. The van der Waals surface area contributed by atoms with Crippen LogP contribution in [0.25, 0.3) is 0 Å². The molecule has 0 aromatic heterocycles. The van der Waals surface area contributed by atoms with Gasteiger partial charge in [0.05, 0.1) is 13.1 Å². The topological polar surface area (TPSA) is 61.4 Å². The molecule has 0 bridgehead atoms. The average molecular weight is 322 g/mol. The molecule has 0 saturated heterocycles. The van der Waals surface area contributed by atoms with Gasteiger partial charge in [-0.1, -0.05) is 6.07 Å². The van der Waals surface area contributed by atoms with E-state index in [1.807, 2.05) is 0 Å². The molecular weight excluding hydrogens is 304 g/mol. The summed E-state index contributed by atoms with van der Waals surface area (Å²) in [5.41, 5.74) is -0.505. The van der Waals surface area contributed by atoms with Gasteiger partial charge in [0, 0.05) is 6.54 Å². The van der Waals surface area contributed by atoms with Crippen molar-refractivity contribution in [1.82, 2.24) is 10.2 Å². The van der Waals surface area contributed by atoms with Gasteiger partial charge < -0.3 is 15.5 Å². The summed E-state index contributed by atoms with van der Waals surface area (Å²) in [7, 11) is 1.61. The zero-order chi connectivity index (χ0) is 15.1. The second kappa shape index (κ2) is 9.25. The summed E-state index contributed by atoms with van der Waals surface area (Å²) in [6.07, 6.45) is 0. The summed E-state index contributed by atoms with van der Waals surface area (Å²) in [5, 5.41) is 4.82. The highest BCUT2D eigenvalue weighted by Gasteiger charge is 2.17. The Morgan fingerprint density at radius 2 is 1.81 bits per heavy atom. The first-order chi connectivity index (χ1) is 9.49. The quantitative estimate of drug-likeness (QED) is 0.832. The van der Waals surface area contributed by atoms with Crippen LogP contribution in [0.5, 0.6) is 0 Å². The summed E-state index contributed by atoms with van der Waals surface area (Å²) in [4.78, 5) is 24.6. The Labute approximate surface area is 128 Å². The van der Waals surface area contributed by atoms with Gasteiger partial charge in [-0.3, -0.25) is 9.59 Å². The predicted octanol–water partition coefficient (Wildman–Crippen LogP) is 1.39. The second-order valence-electron chi connectivity index (χ2n) is 4.08. The van der Waals surface area contributed by atoms with Crippen molar-refractivity contribution >= 4 is 29.9 Å². The molecule has 118 valence electrons. The maximum atomic E-state index is 13.4. The maximum Gasteiger partial charge on any atom is 0.244 e. The molecule has 1 aromatic carbocycles. The number of hydrogen-bond donors (Lipinski definition) is 2. The number of carbonyl (C=O) groups excluding carboxylic acids is 2. The third kappa shape index (κ3) is 5.65. The first-order valence-electron chi connectivity index (χ1n) is 6.15. The van der Waals surface area contributed by atoms with E-state index in [0.717, 1.165) is 12.1 Å². The highest BCUT2D eigenvalue weighted by molar-refractivity contribution is 5.95. The molecule has 0 atom stereocenters. The Bertz CT molecular complexity index is 480. The molecule has 0 radical (unpaired) electrons. The van der Waals surface area contributed by atoms with E-state index in [1.54, 1.807) is 14.0 Å². The van der Waals surface area contributed by atoms with Crippen molar-refractivity contribution in [1.29, 1.82) is 0 Å². The summed E-state index contributed by atoms with van der Waals surface area (Å²) in [5.74, 6) is -2.63. The minimum Gasteiger partial charge on any atom is -0.333 e. The highest BCUT2D eigenvalue weighted by Crippen LogP contribution is 2.17. The van der Waals surface area contributed by atoms with E-state index in [0.29, 0.717) is 6.54 Å². The van der Waals surface area contributed by atoms with Crippen molar-refractivity contribution in [2.24, 2.45) is 0 Å². The third-order valence-electron chi connectivity index (χ3n) is 2.62. The van der Waals surface area contributed by atoms with Crippen molar-refractivity contribution in [3.05, 3.63) is 29.8 Å². The second-order valence-corrected chi connectivity index (χ2v) is 4.08. The van der Waals surface area contributed by atoms with Crippen LogP contribution in [0.15, 0.2) is 18.2 Å². The van der Waals surface area contributed by atoms with Crippen LogP contribution in [0.1, 0.15) is 6.92 Å². The van der Waals surface area contributed by atoms with Crippen LogP contribution in [-0.2, 0) is 9.59 Å². The summed E-state index contributed by atoms with van der Waals surface area (Å²) >= 11 is 0. The van der Waals surface area contributed by atoms with Crippen molar-refractivity contribution in [3.8, 4) is 0 Å². The zero-order valence-corrected chi connectivity index (χ0v) is 12.6. The summed E-state index contributed by atoms with van der Waals surface area (Å²) in [6.45, 7) is 1.87. The zero-order valence-electron chi connectivity index (χ0n) is 11.8. The molecular formula is C13H18ClF2N3O2. The Morgan fingerprint density at radius 3 is 2.29 bits per heavy atom. The normalized spacial score (nSPS) is 9.71. The van der Waals surface area contributed by atoms with Crippen molar-refractivity contribution in [3.63, 3.8) is 0 Å². The lowest BCUT2D eigenvalue weighted by molar-refractivity contribution is -0.133. The van der Waals surface area contributed by atoms with E-state index in [1.165, 1.54) is 11.0 Å². The van der Waals surface area contributed by atoms with Crippen LogP contribution in [0.2, 0.25) is 0 Å². The van der Waals surface area contributed by atoms with Gasteiger partial charge in [0.1, 0.15) is 17.3 Å². The van der Waals surface area contributed by atoms with Crippen LogP contribution < -0.4 is 10.6 Å². The van der Waals surface area contributed by atoms with E-state index < -0.39 is 23.2 Å². The first-order valence-corrected chi connectivity index (χ1v) is 6.15. The molecule has 0 spiro atoms. The minimum atomic E-state index is -0.858. The Hall–Kier alpha value is -1.73. The van der Waals surface area contributed by atoms with Crippen molar-refractivity contribution in [2.45, 2.75) is 6.92 Å². The fourth-order valence-corrected chi connectivity index (χ4v) is 1.61. The highest BCUT2D eigenvalue weighted by atomic mass is 35.5. The number of amides is 2. The van der Waals surface area contributed by atoms with E-state index in [4.69, 9.17) is 0 Å². The molecule has 21 heavy (non-hydrogen) atoms. The molecule has 1 rings (SSSR count). The third-order valence-corrected chi connectivity index (χ3v) is 2.62. The molecule has 0 aliphatic heterocycles. The molecule has 2 amide bonds. The molecule has 0 heterocycles. The maximum absolute atomic E-state index is 13.4. The SMILES string of the molecule is CCN(CC(=O)Nc1c(F)cccc1F)C(=O)CNC.Cl. The molecule has 2 N–H and O–H groups in total. The van der Waals surface area contributed by atoms with E-state index in [9.17, 15) is 18.4 Å².